The summed E-state index contributed by atoms with van der Waals surface area (Å²) in [6, 6.07) is 4.92. The van der Waals surface area contributed by atoms with Gasteiger partial charge in [-0.15, -0.1) is 0 Å². The molecule has 0 unspecified atom stereocenters. The van der Waals surface area contributed by atoms with Crippen LogP contribution in [0.25, 0.3) is 10.9 Å². The molecular formula is C9H10N2O2S. The van der Waals surface area contributed by atoms with Crippen molar-refractivity contribution in [2.75, 3.05) is 12.0 Å². The molecule has 0 atom stereocenters. The van der Waals surface area contributed by atoms with E-state index in [1.54, 1.807) is 18.3 Å². The minimum atomic E-state index is -3.22. The van der Waals surface area contributed by atoms with E-state index in [0.717, 1.165) is 5.52 Å². The third-order valence-electron chi connectivity index (χ3n) is 2.05. The maximum atomic E-state index is 11.4. The number of aromatic nitrogens is 1. The summed E-state index contributed by atoms with van der Waals surface area (Å²) >= 11 is 0. The van der Waals surface area contributed by atoms with Crippen LogP contribution in [0.4, 0.5) is 5.69 Å². The van der Waals surface area contributed by atoms with Crippen LogP contribution in [0.1, 0.15) is 0 Å². The fraction of sp³-hybridized carbons (Fsp3) is 0.111. The van der Waals surface area contributed by atoms with Crippen molar-refractivity contribution in [3.05, 3.63) is 24.4 Å². The van der Waals surface area contributed by atoms with E-state index < -0.39 is 9.84 Å². The maximum absolute atomic E-state index is 11.4. The Balaban J connectivity index is 2.94. The molecule has 2 aromatic rings. The van der Waals surface area contributed by atoms with Gasteiger partial charge in [0.15, 0.2) is 9.84 Å². The number of sulfone groups is 1. The SMILES string of the molecule is CS(=O)(=O)c1cc(N)cc2[nH]ccc12. The smallest absolute Gasteiger partial charge is 0.176 e. The van der Waals surface area contributed by atoms with E-state index in [9.17, 15) is 8.42 Å². The first-order valence-corrected chi connectivity index (χ1v) is 5.94. The number of nitrogens with two attached hydrogens (primary N) is 1. The van der Waals surface area contributed by atoms with E-state index in [0.29, 0.717) is 11.1 Å². The molecule has 1 aromatic carbocycles. The van der Waals surface area contributed by atoms with Crippen LogP contribution in [0.3, 0.4) is 0 Å². The minimum absolute atomic E-state index is 0.272. The van der Waals surface area contributed by atoms with Gasteiger partial charge < -0.3 is 10.7 Å². The van der Waals surface area contributed by atoms with Crippen LogP contribution in [-0.4, -0.2) is 19.7 Å². The van der Waals surface area contributed by atoms with Crippen molar-refractivity contribution in [1.29, 1.82) is 0 Å². The van der Waals surface area contributed by atoms with Crippen molar-refractivity contribution < 1.29 is 8.42 Å². The fourth-order valence-corrected chi connectivity index (χ4v) is 2.39. The van der Waals surface area contributed by atoms with Crippen molar-refractivity contribution in [1.82, 2.24) is 4.98 Å². The van der Waals surface area contributed by atoms with Crippen LogP contribution in [-0.2, 0) is 9.84 Å². The van der Waals surface area contributed by atoms with Gasteiger partial charge in [0.05, 0.1) is 4.90 Å². The van der Waals surface area contributed by atoms with Gasteiger partial charge in [0.1, 0.15) is 0 Å². The Morgan fingerprint density at radius 3 is 2.71 bits per heavy atom. The van der Waals surface area contributed by atoms with Crippen LogP contribution in [0.2, 0.25) is 0 Å². The molecule has 0 aliphatic carbocycles. The van der Waals surface area contributed by atoms with Crippen LogP contribution >= 0.6 is 0 Å². The Hall–Kier alpha value is -1.49. The molecule has 4 nitrogen and oxygen atoms in total. The number of hydrogen-bond donors (Lipinski definition) is 2. The molecule has 0 spiro atoms. The third kappa shape index (κ3) is 1.35. The zero-order chi connectivity index (χ0) is 10.3. The van der Waals surface area contributed by atoms with Crippen molar-refractivity contribution in [2.24, 2.45) is 0 Å². The largest absolute Gasteiger partial charge is 0.399 e. The Kier molecular flexibility index (Phi) is 1.78. The molecule has 0 aliphatic heterocycles. The molecule has 0 bridgehead atoms. The molecule has 5 heteroatoms. The number of rotatable bonds is 1. The highest BCUT2D eigenvalue weighted by molar-refractivity contribution is 7.91. The summed E-state index contributed by atoms with van der Waals surface area (Å²) in [6.07, 6.45) is 2.87. The fourth-order valence-electron chi connectivity index (χ4n) is 1.46. The second-order valence-corrected chi connectivity index (χ2v) is 5.21. The van der Waals surface area contributed by atoms with E-state index in [-0.39, 0.29) is 4.90 Å². The number of benzene rings is 1. The monoisotopic (exact) mass is 210 g/mol. The molecule has 1 heterocycles. The highest BCUT2D eigenvalue weighted by Gasteiger charge is 2.12. The quantitative estimate of drug-likeness (QED) is 0.693. The lowest BCUT2D eigenvalue weighted by Gasteiger charge is -2.02. The lowest BCUT2D eigenvalue weighted by atomic mass is 10.2. The number of fused-ring (bicyclic) bond motifs is 1. The average Bonchev–Trinajstić information content (AvgIpc) is 2.47. The molecule has 0 amide bonds. The zero-order valence-electron chi connectivity index (χ0n) is 7.61. The van der Waals surface area contributed by atoms with Crippen LogP contribution in [0, 0.1) is 0 Å². The predicted molar refractivity (Wildman–Crippen MR) is 55.8 cm³/mol. The minimum Gasteiger partial charge on any atom is -0.399 e. The maximum Gasteiger partial charge on any atom is 0.176 e. The molecule has 74 valence electrons. The summed E-state index contributed by atoms with van der Waals surface area (Å²) < 4.78 is 22.9. The van der Waals surface area contributed by atoms with E-state index in [1.165, 1.54) is 12.3 Å². The first-order chi connectivity index (χ1) is 6.48. The summed E-state index contributed by atoms with van der Waals surface area (Å²) in [7, 11) is -3.22. The van der Waals surface area contributed by atoms with Gasteiger partial charge in [-0.3, -0.25) is 0 Å². The second kappa shape index (κ2) is 2.75. The lowest BCUT2D eigenvalue weighted by Crippen LogP contribution is -1.99. The summed E-state index contributed by atoms with van der Waals surface area (Å²) in [5.41, 5.74) is 6.78. The predicted octanol–water partition coefficient (Wildman–Crippen LogP) is 1.15. The Bertz CT molecular complexity index is 584. The second-order valence-electron chi connectivity index (χ2n) is 3.23. The van der Waals surface area contributed by atoms with Gasteiger partial charge in [-0.25, -0.2) is 8.42 Å². The lowest BCUT2D eigenvalue weighted by molar-refractivity contribution is 0.603. The van der Waals surface area contributed by atoms with Crippen molar-refractivity contribution in [3.63, 3.8) is 0 Å². The average molecular weight is 210 g/mol. The summed E-state index contributed by atoms with van der Waals surface area (Å²) in [5, 5.41) is 0.682. The number of aromatic amines is 1. The first kappa shape index (κ1) is 9.08. The molecule has 14 heavy (non-hydrogen) atoms. The molecule has 2 rings (SSSR count). The van der Waals surface area contributed by atoms with Gasteiger partial charge in [0, 0.05) is 29.0 Å². The molecule has 0 radical (unpaired) electrons. The molecule has 0 fully saturated rings. The summed E-state index contributed by atoms with van der Waals surface area (Å²) in [4.78, 5) is 3.20. The molecule has 0 aliphatic rings. The summed E-state index contributed by atoms with van der Waals surface area (Å²) in [5.74, 6) is 0. The molecule has 0 saturated heterocycles. The topological polar surface area (TPSA) is 75.9 Å². The van der Waals surface area contributed by atoms with E-state index >= 15 is 0 Å². The number of nitrogen functional groups attached to an aromatic ring is 1. The molecular weight excluding hydrogens is 200 g/mol. The van der Waals surface area contributed by atoms with Gasteiger partial charge in [0.25, 0.3) is 0 Å². The first-order valence-electron chi connectivity index (χ1n) is 4.05. The number of hydrogen-bond acceptors (Lipinski definition) is 3. The van der Waals surface area contributed by atoms with Gasteiger partial charge in [-0.1, -0.05) is 0 Å². The Morgan fingerprint density at radius 2 is 2.07 bits per heavy atom. The molecule has 3 N–H and O–H groups in total. The number of H-pyrrole nitrogens is 1. The van der Waals surface area contributed by atoms with E-state index in [1.807, 2.05) is 0 Å². The zero-order valence-corrected chi connectivity index (χ0v) is 8.43. The third-order valence-corrected chi connectivity index (χ3v) is 3.19. The van der Waals surface area contributed by atoms with Crippen LogP contribution in [0.15, 0.2) is 29.3 Å². The van der Waals surface area contributed by atoms with Crippen molar-refractivity contribution in [2.45, 2.75) is 4.90 Å². The van der Waals surface area contributed by atoms with Crippen LogP contribution < -0.4 is 5.73 Å². The van der Waals surface area contributed by atoms with Crippen molar-refractivity contribution >= 4 is 26.4 Å². The van der Waals surface area contributed by atoms with Gasteiger partial charge >= 0.3 is 0 Å². The molecule has 1 aromatic heterocycles. The Morgan fingerprint density at radius 1 is 1.36 bits per heavy atom. The number of nitrogens with one attached hydrogen (secondary N) is 1. The van der Waals surface area contributed by atoms with Crippen LogP contribution in [0.5, 0.6) is 0 Å². The van der Waals surface area contributed by atoms with E-state index in [4.69, 9.17) is 5.73 Å². The van der Waals surface area contributed by atoms with Gasteiger partial charge in [-0.05, 0) is 18.2 Å². The normalized spacial score (nSPS) is 12.1. The molecule has 0 saturated carbocycles. The van der Waals surface area contributed by atoms with Gasteiger partial charge in [-0.2, -0.15) is 0 Å². The summed E-state index contributed by atoms with van der Waals surface area (Å²) in [6.45, 7) is 0. The number of anilines is 1. The highest BCUT2D eigenvalue weighted by atomic mass is 32.2. The standard InChI is InChI=1S/C9H10N2O2S/c1-14(12,13)9-5-6(10)4-8-7(9)2-3-11-8/h2-5,11H,10H2,1H3. The highest BCUT2D eigenvalue weighted by Crippen LogP contribution is 2.25. The Labute approximate surface area is 81.7 Å². The van der Waals surface area contributed by atoms with Gasteiger partial charge in [0.2, 0.25) is 0 Å². The van der Waals surface area contributed by atoms with E-state index in [2.05, 4.69) is 4.98 Å². The van der Waals surface area contributed by atoms with Crippen molar-refractivity contribution in [3.8, 4) is 0 Å².